The Labute approximate surface area is 166 Å². The molecule has 0 fully saturated rings. The van der Waals surface area contributed by atoms with Gasteiger partial charge in [-0.15, -0.1) is 0 Å². The Morgan fingerprint density at radius 2 is 1.67 bits per heavy atom. The average molecular weight is 393 g/mol. The number of benzene rings is 1. The zero-order chi connectivity index (χ0) is 20.9. The Kier molecular flexibility index (Phi) is 7.87. The number of ether oxygens (including phenoxy) is 2. The van der Waals surface area contributed by atoms with E-state index >= 15 is 0 Å². The van der Waals surface area contributed by atoms with E-state index < -0.39 is 13.7 Å². The maximum absolute atomic E-state index is 11.8. The van der Waals surface area contributed by atoms with Crippen LogP contribution in [-0.2, 0) is 14.0 Å². The molecule has 4 nitrogen and oxygen atoms in total. The molecule has 0 spiro atoms. The van der Waals surface area contributed by atoms with Crippen LogP contribution < -0.4 is 4.74 Å². The van der Waals surface area contributed by atoms with Crippen LogP contribution in [0, 0.1) is 5.41 Å². The Bertz CT molecular complexity index is 639. The molecule has 5 heteroatoms. The van der Waals surface area contributed by atoms with E-state index in [0.717, 1.165) is 11.3 Å². The van der Waals surface area contributed by atoms with Crippen LogP contribution in [0.25, 0.3) is 0 Å². The Morgan fingerprint density at radius 1 is 1.11 bits per heavy atom. The maximum atomic E-state index is 11.8. The fourth-order valence-corrected chi connectivity index (χ4v) is 3.84. The zero-order valence-corrected chi connectivity index (χ0v) is 19.4. The van der Waals surface area contributed by atoms with Gasteiger partial charge in [0.2, 0.25) is 0 Å². The van der Waals surface area contributed by atoms with E-state index in [-0.39, 0.29) is 17.1 Å². The molecule has 0 aliphatic rings. The quantitative estimate of drug-likeness (QED) is 0.314. The van der Waals surface area contributed by atoms with Crippen LogP contribution in [0.2, 0.25) is 18.1 Å². The Balaban J connectivity index is 3.29. The van der Waals surface area contributed by atoms with Crippen molar-refractivity contribution in [2.75, 3.05) is 13.7 Å². The second-order valence-corrected chi connectivity index (χ2v) is 13.7. The van der Waals surface area contributed by atoms with Crippen molar-refractivity contribution in [3.8, 4) is 5.75 Å². The predicted molar refractivity (Wildman–Crippen MR) is 114 cm³/mol. The van der Waals surface area contributed by atoms with Gasteiger partial charge in [-0.05, 0) is 42.8 Å². The van der Waals surface area contributed by atoms with Crippen molar-refractivity contribution in [3.05, 3.63) is 42.0 Å². The SMILES string of the molecule is CCOC(=O)/C=C/C(C)(C)C(O[Si](C)(C)C(C)(C)C)c1ccc(OC)cc1. The van der Waals surface area contributed by atoms with E-state index in [1.807, 2.05) is 30.3 Å². The van der Waals surface area contributed by atoms with Crippen LogP contribution >= 0.6 is 0 Å². The molecule has 1 aromatic rings. The van der Waals surface area contributed by atoms with Crippen molar-refractivity contribution in [1.82, 2.24) is 0 Å². The number of carbonyl (C=O) groups excluding carboxylic acids is 1. The minimum atomic E-state index is -2.04. The van der Waals surface area contributed by atoms with Crippen LogP contribution in [-0.4, -0.2) is 28.0 Å². The maximum Gasteiger partial charge on any atom is 0.330 e. The number of carbonyl (C=O) groups is 1. The largest absolute Gasteiger partial charge is 0.497 e. The summed E-state index contributed by atoms with van der Waals surface area (Å²) in [7, 11) is -0.378. The van der Waals surface area contributed by atoms with Crippen molar-refractivity contribution in [3.63, 3.8) is 0 Å². The first kappa shape index (κ1) is 23.4. The zero-order valence-electron chi connectivity index (χ0n) is 18.4. The van der Waals surface area contributed by atoms with E-state index in [1.165, 1.54) is 6.08 Å². The Hall–Kier alpha value is -1.59. The molecule has 0 radical (unpaired) electrons. The average Bonchev–Trinajstić information content (AvgIpc) is 2.57. The van der Waals surface area contributed by atoms with Gasteiger partial charge in [0.1, 0.15) is 5.75 Å². The van der Waals surface area contributed by atoms with Crippen LogP contribution in [0.3, 0.4) is 0 Å². The highest BCUT2D eigenvalue weighted by molar-refractivity contribution is 6.74. The summed E-state index contributed by atoms with van der Waals surface area (Å²) in [5.74, 6) is 0.482. The molecule has 0 heterocycles. The molecule has 0 aliphatic heterocycles. The lowest BCUT2D eigenvalue weighted by Crippen LogP contribution is -2.44. The summed E-state index contributed by atoms with van der Waals surface area (Å²) >= 11 is 0. The van der Waals surface area contributed by atoms with Crippen LogP contribution in [0.1, 0.15) is 53.2 Å². The third-order valence-electron chi connectivity index (χ3n) is 5.25. The molecular formula is C22H36O4Si. The molecule has 0 N–H and O–H groups in total. The topological polar surface area (TPSA) is 44.8 Å². The van der Waals surface area contributed by atoms with Gasteiger partial charge in [0, 0.05) is 11.5 Å². The van der Waals surface area contributed by atoms with Gasteiger partial charge in [-0.1, -0.05) is 52.8 Å². The van der Waals surface area contributed by atoms with Crippen molar-refractivity contribution in [1.29, 1.82) is 0 Å². The molecule has 152 valence electrons. The van der Waals surface area contributed by atoms with Crippen LogP contribution in [0.5, 0.6) is 5.75 Å². The minimum absolute atomic E-state index is 0.0820. The van der Waals surface area contributed by atoms with Crippen molar-refractivity contribution in [2.45, 2.75) is 65.8 Å². The standard InChI is InChI=1S/C22H36O4Si/c1-10-25-19(23)15-16-22(5,6)20(26-27(8,9)21(2,3)4)17-11-13-18(24-7)14-12-17/h11-16,20H,10H2,1-9H3/b16-15+. The highest BCUT2D eigenvalue weighted by Gasteiger charge is 2.42. The van der Waals surface area contributed by atoms with Gasteiger partial charge in [-0.3, -0.25) is 0 Å². The lowest BCUT2D eigenvalue weighted by molar-refractivity contribution is -0.137. The summed E-state index contributed by atoms with van der Waals surface area (Å²) in [4.78, 5) is 11.8. The molecule has 1 aromatic carbocycles. The van der Waals surface area contributed by atoms with Gasteiger partial charge in [0.25, 0.3) is 0 Å². The van der Waals surface area contributed by atoms with Gasteiger partial charge in [0.15, 0.2) is 8.32 Å². The van der Waals surface area contributed by atoms with E-state index in [2.05, 4.69) is 47.7 Å². The number of rotatable bonds is 8. The molecule has 0 amide bonds. The lowest BCUT2D eigenvalue weighted by Gasteiger charge is -2.43. The molecule has 1 rings (SSSR count). The van der Waals surface area contributed by atoms with E-state index in [0.29, 0.717) is 6.61 Å². The van der Waals surface area contributed by atoms with Crippen molar-refractivity contribution in [2.24, 2.45) is 5.41 Å². The van der Waals surface area contributed by atoms with Crippen LogP contribution in [0.4, 0.5) is 0 Å². The molecule has 0 aliphatic carbocycles. The molecule has 0 bridgehead atoms. The molecule has 0 aromatic heterocycles. The van der Waals surface area contributed by atoms with Crippen molar-refractivity contribution >= 4 is 14.3 Å². The van der Waals surface area contributed by atoms with Crippen LogP contribution in [0.15, 0.2) is 36.4 Å². The first-order chi connectivity index (χ1) is 12.3. The fourth-order valence-electron chi connectivity index (χ4n) is 2.46. The summed E-state index contributed by atoms with van der Waals surface area (Å²) in [5, 5.41) is 0.0820. The molecular weight excluding hydrogens is 356 g/mol. The summed E-state index contributed by atoms with van der Waals surface area (Å²) in [6.07, 6.45) is 3.22. The first-order valence-electron chi connectivity index (χ1n) is 9.52. The van der Waals surface area contributed by atoms with E-state index in [9.17, 15) is 4.79 Å². The van der Waals surface area contributed by atoms with Gasteiger partial charge in [-0.2, -0.15) is 0 Å². The van der Waals surface area contributed by atoms with Crippen molar-refractivity contribution < 1.29 is 18.7 Å². The molecule has 1 atom stereocenters. The second-order valence-electron chi connectivity index (χ2n) is 8.94. The summed E-state index contributed by atoms with van der Waals surface area (Å²) < 4.78 is 17.1. The van der Waals surface area contributed by atoms with E-state index in [4.69, 9.17) is 13.9 Å². The predicted octanol–water partition coefficient (Wildman–Crippen LogP) is 5.90. The molecule has 0 saturated carbocycles. The lowest BCUT2D eigenvalue weighted by atomic mass is 9.82. The van der Waals surface area contributed by atoms with E-state index in [1.54, 1.807) is 14.0 Å². The second kappa shape index (κ2) is 9.07. The summed E-state index contributed by atoms with van der Waals surface area (Å²) in [6, 6.07) is 7.97. The molecule has 27 heavy (non-hydrogen) atoms. The number of methoxy groups -OCH3 is 1. The highest BCUT2D eigenvalue weighted by Crippen LogP contribution is 2.46. The minimum Gasteiger partial charge on any atom is -0.497 e. The Morgan fingerprint density at radius 3 is 2.11 bits per heavy atom. The number of hydrogen-bond acceptors (Lipinski definition) is 4. The summed E-state index contributed by atoms with van der Waals surface area (Å²) in [6.45, 7) is 17.5. The third kappa shape index (κ3) is 6.50. The first-order valence-corrected chi connectivity index (χ1v) is 12.4. The molecule has 0 saturated heterocycles. The van der Waals surface area contributed by atoms with Gasteiger partial charge < -0.3 is 13.9 Å². The monoisotopic (exact) mass is 392 g/mol. The smallest absolute Gasteiger partial charge is 0.330 e. The van der Waals surface area contributed by atoms with Gasteiger partial charge >= 0.3 is 5.97 Å². The molecule has 1 unspecified atom stereocenters. The number of esters is 1. The highest BCUT2D eigenvalue weighted by atomic mass is 28.4. The third-order valence-corrected chi connectivity index (χ3v) is 9.69. The van der Waals surface area contributed by atoms with Gasteiger partial charge in [0.05, 0.1) is 19.8 Å². The normalized spacial score (nSPS) is 14.3. The summed E-state index contributed by atoms with van der Waals surface area (Å²) in [5.41, 5.74) is 0.677. The fraction of sp³-hybridized carbons (Fsp3) is 0.591. The number of hydrogen-bond donors (Lipinski definition) is 0. The van der Waals surface area contributed by atoms with Gasteiger partial charge in [-0.25, -0.2) is 4.79 Å².